The first-order chi connectivity index (χ1) is 10.1. The summed E-state index contributed by atoms with van der Waals surface area (Å²) in [5.74, 6) is 5.84. The van der Waals surface area contributed by atoms with Crippen molar-refractivity contribution in [2.75, 3.05) is 23.4 Å². The van der Waals surface area contributed by atoms with Crippen molar-refractivity contribution in [3.05, 3.63) is 22.2 Å². The Kier molecular flexibility index (Phi) is 3.34. The van der Waals surface area contributed by atoms with Gasteiger partial charge in [0.15, 0.2) is 0 Å². The van der Waals surface area contributed by atoms with Crippen molar-refractivity contribution in [2.24, 2.45) is 11.8 Å². The largest absolute Gasteiger partial charge is 0.354 e. The lowest BCUT2D eigenvalue weighted by molar-refractivity contribution is -0.384. The number of carbonyl (C=O) groups excluding carboxylic acids is 1. The highest BCUT2D eigenvalue weighted by atomic mass is 16.6. The van der Waals surface area contributed by atoms with Gasteiger partial charge in [0.2, 0.25) is 11.7 Å². The minimum absolute atomic E-state index is 0.0143. The Bertz CT molecular complexity index is 592. The van der Waals surface area contributed by atoms with Crippen LogP contribution in [0.15, 0.2) is 12.1 Å². The average molecular weight is 292 g/mol. The first-order valence-electron chi connectivity index (χ1n) is 6.78. The van der Waals surface area contributed by atoms with Crippen LogP contribution in [-0.2, 0) is 4.79 Å². The minimum Gasteiger partial charge on any atom is -0.354 e. The zero-order valence-corrected chi connectivity index (χ0v) is 11.3. The summed E-state index contributed by atoms with van der Waals surface area (Å²) in [6.45, 7) is 1.13. The molecule has 2 aliphatic rings. The quantitative estimate of drug-likeness (QED) is 0.406. The number of nitrogens with two attached hydrogens (primary N) is 1. The second kappa shape index (κ2) is 5.17. The van der Waals surface area contributed by atoms with Crippen molar-refractivity contribution in [1.82, 2.24) is 10.3 Å². The number of hydrazine groups is 1. The van der Waals surface area contributed by atoms with Gasteiger partial charge in [0, 0.05) is 19.2 Å². The number of nitro groups is 1. The van der Waals surface area contributed by atoms with Gasteiger partial charge in [0.1, 0.15) is 5.82 Å². The number of fused-ring (bicyclic) bond motifs is 1. The van der Waals surface area contributed by atoms with Crippen molar-refractivity contribution < 1.29 is 9.72 Å². The summed E-state index contributed by atoms with van der Waals surface area (Å²) in [4.78, 5) is 28.6. The summed E-state index contributed by atoms with van der Waals surface area (Å²) in [5, 5.41) is 14.0. The predicted molar refractivity (Wildman–Crippen MR) is 75.6 cm³/mol. The van der Waals surface area contributed by atoms with Crippen LogP contribution < -0.4 is 21.5 Å². The Morgan fingerprint density at radius 1 is 1.52 bits per heavy atom. The van der Waals surface area contributed by atoms with E-state index in [0.29, 0.717) is 18.9 Å². The molecule has 0 aromatic carbocycles. The molecule has 3 heterocycles. The molecule has 0 saturated carbocycles. The van der Waals surface area contributed by atoms with Gasteiger partial charge in [-0.25, -0.2) is 10.8 Å². The molecule has 2 aliphatic heterocycles. The highest BCUT2D eigenvalue weighted by Crippen LogP contribution is 2.35. The summed E-state index contributed by atoms with van der Waals surface area (Å²) in [6, 6.07) is 2.75. The first kappa shape index (κ1) is 13.6. The third-order valence-corrected chi connectivity index (χ3v) is 4.07. The molecule has 1 aromatic rings. The lowest BCUT2D eigenvalue weighted by Crippen LogP contribution is -2.46. The molecule has 3 rings (SSSR count). The van der Waals surface area contributed by atoms with Crippen LogP contribution in [0.3, 0.4) is 0 Å². The molecule has 21 heavy (non-hydrogen) atoms. The van der Waals surface area contributed by atoms with E-state index in [-0.39, 0.29) is 29.4 Å². The smallest absolute Gasteiger partial charge is 0.311 e. The molecule has 1 aromatic heterocycles. The minimum atomic E-state index is -0.462. The van der Waals surface area contributed by atoms with E-state index in [1.807, 2.05) is 4.90 Å². The van der Waals surface area contributed by atoms with Crippen LogP contribution in [0, 0.1) is 16.0 Å². The molecule has 2 unspecified atom stereocenters. The van der Waals surface area contributed by atoms with Gasteiger partial charge >= 0.3 is 5.69 Å². The second-order valence-corrected chi connectivity index (χ2v) is 5.20. The number of piperidine rings is 1. The maximum Gasteiger partial charge on any atom is 0.311 e. The molecule has 9 nitrogen and oxygen atoms in total. The maximum absolute atomic E-state index is 11.8. The summed E-state index contributed by atoms with van der Waals surface area (Å²) in [6.07, 6.45) is 1.60. The van der Waals surface area contributed by atoms with E-state index < -0.39 is 4.92 Å². The van der Waals surface area contributed by atoms with E-state index >= 15 is 0 Å². The highest BCUT2D eigenvalue weighted by molar-refractivity contribution is 5.83. The molecule has 0 aliphatic carbocycles. The Labute approximate surface area is 120 Å². The van der Waals surface area contributed by atoms with E-state index in [1.54, 1.807) is 0 Å². The van der Waals surface area contributed by atoms with Gasteiger partial charge in [0.25, 0.3) is 0 Å². The summed E-state index contributed by atoms with van der Waals surface area (Å²) >= 11 is 0. The van der Waals surface area contributed by atoms with Crippen molar-refractivity contribution >= 4 is 23.2 Å². The number of nitrogen functional groups attached to an aromatic ring is 1. The number of hydrogen-bond donors (Lipinski definition) is 3. The first-order valence-corrected chi connectivity index (χ1v) is 6.78. The summed E-state index contributed by atoms with van der Waals surface area (Å²) < 4.78 is 0. The Balaban J connectivity index is 2.02. The van der Waals surface area contributed by atoms with Crippen molar-refractivity contribution in [2.45, 2.75) is 18.9 Å². The van der Waals surface area contributed by atoms with Crippen molar-refractivity contribution in [3.63, 3.8) is 0 Å². The molecule has 112 valence electrons. The van der Waals surface area contributed by atoms with Crippen LogP contribution >= 0.6 is 0 Å². The van der Waals surface area contributed by atoms with Crippen LogP contribution in [0.2, 0.25) is 0 Å². The average Bonchev–Trinajstić information content (AvgIpc) is 2.88. The number of aromatic nitrogens is 1. The van der Waals surface area contributed by atoms with Crippen molar-refractivity contribution in [1.29, 1.82) is 0 Å². The number of nitrogens with one attached hydrogen (secondary N) is 2. The Hall–Kier alpha value is -2.42. The molecule has 2 atom stereocenters. The third kappa shape index (κ3) is 2.25. The molecule has 0 spiro atoms. The fraction of sp³-hybridized carbons (Fsp3) is 0.500. The molecular weight excluding hydrogens is 276 g/mol. The molecule has 2 fully saturated rings. The SMILES string of the molecule is NNc1ccc([N+](=O)[O-])c(N2CCCC3C(=O)NCC32)n1. The molecule has 4 N–H and O–H groups in total. The third-order valence-electron chi connectivity index (χ3n) is 4.07. The second-order valence-electron chi connectivity index (χ2n) is 5.20. The highest BCUT2D eigenvalue weighted by Gasteiger charge is 2.43. The topological polar surface area (TPSA) is 126 Å². The van der Waals surface area contributed by atoms with E-state index in [1.165, 1.54) is 12.1 Å². The predicted octanol–water partition coefficient (Wildman–Crippen LogP) is -0.00980. The van der Waals surface area contributed by atoms with Crippen LogP contribution in [0.5, 0.6) is 0 Å². The Morgan fingerprint density at radius 2 is 2.33 bits per heavy atom. The summed E-state index contributed by atoms with van der Waals surface area (Å²) in [7, 11) is 0. The maximum atomic E-state index is 11.8. The number of hydrogen-bond acceptors (Lipinski definition) is 7. The van der Waals surface area contributed by atoms with Crippen LogP contribution in [0.25, 0.3) is 0 Å². The van der Waals surface area contributed by atoms with Gasteiger partial charge in [-0.05, 0) is 18.9 Å². The Morgan fingerprint density at radius 3 is 3.05 bits per heavy atom. The van der Waals surface area contributed by atoms with Gasteiger partial charge in [-0.2, -0.15) is 0 Å². The number of anilines is 2. The number of carbonyl (C=O) groups is 1. The zero-order chi connectivity index (χ0) is 15.0. The van der Waals surface area contributed by atoms with E-state index in [4.69, 9.17) is 5.84 Å². The van der Waals surface area contributed by atoms with E-state index in [0.717, 1.165) is 12.8 Å². The normalized spacial score (nSPS) is 24.4. The van der Waals surface area contributed by atoms with Crippen molar-refractivity contribution in [3.8, 4) is 0 Å². The van der Waals surface area contributed by atoms with E-state index in [9.17, 15) is 14.9 Å². The molecule has 9 heteroatoms. The lowest BCUT2D eigenvalue weighted by atomic mass is 9.91. The molecular formula is C12H16N6O3. The molecule has 0 bridgehead atoms. The van der Waals surface area contributed by atoms with Crippen LogP contribution in [0.1, 0.15) is 12.8 Å². The van der Waals surface area contributed by atoms with Gasteiger partial charge < -0.3 is 15.6 Å². The van der Waals surface area contributed by atoms with Gasteiger partial charge in [-0.15, -0.1) is 0 Å². The number of amides is 1. The molecule has 2 saturated heterocycles. The zero-order valence-electron chi connectivity index (χ0n) is 11.3. The molecule has 1 amide bonds. The van der Waals surface area contributed by atoms with Gasteiger partial charge in [0.05, 0.1) is 16.9 Å². The fourth-order valence-corrected chi connectivity index (χ4v) is 3.09. The monoisotopic (exact) mass is 292 g/mol. The van der Waals surface area contributed by atoms with Gasteiger partial charge in [-0.1, -0.05) is 0 Å². The molecule has 0 radical (unpaired) electrons. The standard InChI is InChI=1S/C12H16N6O3/c13-16-10-4-3-8(18(20)21)11(15-10)17-5-1-2-7-9(17)6-14-12(7)19/h3-4,7,9H,1-2,5-6,13H2,(H,14,19)(H,15,16). The van der Waals surface area contributed by atoms with E-state index in [2.05, 4.69) is 15.7 Å². The number of pyridine rings is 1. The van der Waals surface area contributed by atoms with Gasteiger partial charge in [-0.3, -0.25) is 14.9 Å². The number of rotatable bonds is 3. The lowest BCUT2D eigenvalue weighted by Gasteiger charge is -2.36. The van der Waals surface area contributed by atoms with Crippen LogP contribution in [-0.4, -0.2) is 34.9 Å². The summed E-state index contributed by atoms with van der Waals surface area (Å²) in [5.41, 5.74) is 2.32. The fourth-order valence-electron chi connectivity index (χ4n) is 3.09. The van der Waals surface area contributed by atoms with Crippen LogP contribution in [0.4, 0.5) is 17.3 Å². The number of nitrogens with zero attached hydrogens (tertiary/aromatic N) is 3.